The Kier molecular flexibility index (Phi) is 3.40. The zero-order valence-electron chi connectivity index (χ0n) is 12.2. The fraction of sp³-hybridized carbons (Fsp3) is 0.111. The van der Waals surface area contributed by atoms with Crippen molar-refractivity contribution in [2.75, 3.05) is 5.73 Å². The molecule has 3 heteroatoms. The Hall–Kier alpha value is -2.68. The first kappa shape index (κ1) is 13.3. The number of rotatable bonds is 2. The van der Waals surface area contributed by atoms with Gasteiger partial charge in [-0.1, -0.05) is 48.0 Å². The lowest BCUT2D eigenvalue weighted by molar-refractivity contribution is 1.18. The molecule has 0 spiro atoms. The lowest BCUT2D eigenvalue weighted by atomic mass is 10.0. The molecule has 0 radical (unpaired) electrons. The van der Waals surface area contributed by atoms with Gasteiger partial charge in [0.1, 0.15) is 5.82 Å². The van der Waals surface area contributed by atoms with E-state index in [0.717, 1.165) is 16.8 Å². The minimum absolute atomic E-state index is 0.486. The van der Waals surface area contributed by atoms with E-state index in [0.29, 0.717) is 11.6 Å². The van der Waals surface area contributed by atoms with Crippen molar-refractivity contribution >= 4 is 5.82 Å². The molecule has 3 aromatic rings. The molecule has 0 aliphatic heterocycles. The number of benzene rings is 2. The van der Waals surface area contributed by atoms with Crippen molar-refractivity contribution < 1.29 is 0 Å². The molecule has 104 valence electrons. The van der Waals surface area contributed by atoms with Gasteiger partial charge in [0, 0.05) is 17.2 Å². The second-order valence-electron chi connectivity index (χ2n) is 5.19. The van der Waals surface area contributed by atoms with Gasteiger partial charge in [-0.15, -0.1) is 0 Å². The van der Waals surface area contributed by atoms with Crippen LogP contribution in [-0.4, -0.2) is 9.97 Å². The van der Waals surface area contributed by atoms with Crippen LogP contribution < -0.4 is 5.73 Å². The molecule has 0 saturated carbocycles. The minimum atomic E-state index is 0.486. The van der Waals surface area contributed by atoms with Gasteiger partial charge in [0.25, 0.3) is 0 Å². The molecule has 21 heavy (non-hydrogen) atoms. The smallest absolute Gasteiger partial charge is 0.162 e. The maximum Gasteiger partial charge on any atom is 0.162 e. The van der Waals surface area contributed by atoms with E-state index in [1.807, 2.05) is 36.4 Å². The fourth-order valence-corrected chi connectivity index (χ4v) is 2.33. The first-order valence-electron chi connectivity index (χ1n) is 6.91. The zero-order chi connectivity index (χ0) is 14.8. The molecular weight excluding hydrogens is 258 g/mol. The fourth-order valence-electron chi connectivity index (χ4n) is 2.33. The summed E-state index contributed by atoms with van der Waals surface area (Å²) in [5.41, 5.74) is 11.3. The van der Waals surface area contributed by atoms with E-state index in [1.165, 1.54) is 11.1 Å². The highest BCUT2D eigenvalue weighted by Gasteiger charge is 2.09. The van der Waals surface area contributed by atoms with E-state index in [1.54, 1.807) is 0 Å². The summed E-state index contributed by atoms with van der Waals surface area (Å²) in [5.74, 6) is 1.14. The second kappa shape index (κ2) is 5.37. The van der Waals surface area contributed by atoms with Gasteiger partial charge in [-0.3, -0.25) is 0 Å². The van der Waals surface area contributed by atoms with Crippen LogP contribution in [0.1, 0.15) is 11.1 Å². The molecule has 2 N–H and O–H groups in total. The second-order valence-corrected chi connectivity index (χ2v) is 5.19. The Morgan fingerprint density at radius 2 is 1.62 bits per heavy atom. The van der Waals surface area contributed by atoms with Crippen molar-refractivity contribution in [1.82, 2.24) is 9.97 Å². The Balaban J connectivity index is 2.16. The Bertz CT molecular complexity index is 780. The van der Waals surface area contributed by atoms with E-state index >= 15 is 0 Å². The van der Waals surface area contributed by atoms with Crippen LogP contribution >= 0.6 is 0 Å². The highest BCUT2D eigenvalue weighted by Crippen LogP contribution is 2.26. The number of aromatic nitrogens is 2. The summed E-state index contributed by atoms with van der Waals surface area (Å²) in [6.07, 6.45) is 0. The summed E-state index contributed by atoms with van der Waals surface area (Å²) >= 11 is 0. The van der Waals surface area contributed by atoms with Crippen molar-refractivity contribution in [3.63, 3.8) is 0 Å². The highest BCUT2D eigenvalue weighted by molar-refractivity contribution is 5.69. The van der Waals surface area contributed by atoms with E-state index < -0.39 is 0 Å². The lowest BCUT2D eigenvalue weighted by Gasteiger charge is -2.09. The molecule has 0 aliphatic rings. The third-order valence-electron chi connectivity index (χ3n) is 3.45. The minimum Gasteiger partial charge on any atom is -0.384 e. The number of nitrogens with two attached hydrogens (primary N) is 1. The van der Waals surface area contributed by atoms with Gasteiger partial charge in [0.05, 0.1) is 5.69 Å². The molecule has 1 aromatic heterocycles. The molecular formula is C18H17N3. The predicted octanol–water partition coefficient (Wildman–Crippen LogP) is 4.01. The molecule has 1 heterocycles. The summed E-state index contributed by atoms with van der Waals surface area (Å²) in [6, 6.07) is 18.1. The normalized spacial score (nSPS) is 10.6. The summed E-state index contributed by atoms with van der Waals surface area (Å²) in [5, 5.41) is 0. The first-order valence-corrected chi connectivity index (χ1v) is 6.91. The van der Waals surface area contributed by atoms with Crippen molar-refractivity contribution in [3.05, 3.63) is 65.7 Å². The topological polar surface area (TPSA) is 51.8 Å². The van der Waals surface area contributed by atoms with Crippen LogP contribution in [0.5, 0.6) is 0 Å². The average Bonchev–Trinajstić information content (AvgIpc) is 2.50. The molecule has 3 nitrogen and oxygen atoms in total. The van der Waals surface area contributed by atoms with Gasteiger partial charge in [-0.05, 0) is 25.5 Å². The van der Waals surface area contributed by atoms with Gasteiger partial charge < -0.3 is 5.73 Å². The van der Waals surface area contributed by atoms with Crippen LogP contribution in [0.3, 0.4) is 0 Å². The number of hydrogen-bond donors (Lipinski definition) is 1. The van der Waals surface area contributed by atoms with Crippen molar-refractivity contribution in [2.24, 2.45) is 0 Å². The summed E-state index contributed by atoms with van der Waals surface area (Å²) in [4.78, 5) is 9.03. The van der Waals surface area contributed by atoms with E-state index in [2.05, 4.69) is 42.0 Å². The molecule has 0 unspecified atom stereocenters. The molecule has 0 bridgehead atoms. The molecule has 3 rings (SSSR count). The number of nitrogens with zero attached hydrogens (tertiary/aromatic N) is 2. The van der Waals surface area contributed by atoms with Gasteiger partial charge in [0.15, 0.2) is 5.82 Å². The van der Waals surface area contributed by atoms with Crippen LogP contribution in [0, 0.1) is 13.8 Å². The largest absolute Gasteiger partial charge is 0.384 e. The third-order valence-corrected chi connectivity index (χ3v) is 3.45. The predicted molar refractivity (Wildman–Crippen MR) is 86.8 cm³/mol. The maximum atomic E-state index is 5.97. The van der Waals surface area contributed by atoms with E-state index in [4.69, 9.17) is 5.73 Å². The van der Waals surface area contributed by atoms with Crippen molar-refractivity contribution in [3.8, 4) is 22.6 Å². The summed E-state index contributed by atoms with van der Waals surface area (Å²) in [6.45, 7) is 4.15. The third kappa shape index (κ3) is 2.77. The molecule has 2 aromatic carbocycles. The molecule has 0 saturated heterocycles. The Morgan fingerprint density at radius 3 is 2.38 bits per heavy atom. The standard InChI is InChI=1S/C18H17N3/c1-12-8-9-13(2)15(10-12)16-11-17(19)21-18(20-16)14-6-4-3-5-7-14/h3-11H,1-2H3,(H2,19,20,21). The highest BCUT2D eigenvalue weighted by atomic mass is 14.9. The SMILES string of the molecule is Cc1ccc(C)c(-c2cc(N)nc(-c3ccccc3)n2)c1. The van der Waals surface area contributed by atoms with Gasteiger partial charge in [0.2, 0.25) is 0 Å². The van der Waals surface area contributed by atoms with Gasteiger partial charge >= 0.3 is 0 Å². The van der Waals surface area contributed by atoms with Crippen molar-refractivity contribution in [2.45, 2.75) is 13.8 Å². The Labute approximate surface area is 124 Å². The number of hydrogen-bond acceptors (Lipinski definition) is 3. The van der Waals surface area contributed by atoms with Crippen molar-refractivity contribution in [1.29, 1.82) is 0 Å². The van der Waals surface area contributed by atoms with E-state index in [9.17, 15) is 0 Å². The quantitative estimate of drug-likeness (QED) is 0.768. The average molecular weight is 275 g/mol. The zero-order valence-corrected chi connectivity index (χ0v) is 12.2. The summed E-state index contributed by atoms with van der Waals surface area (Å²) < 4.78 is 0. The monoisotopic (exact) mass is 275 g/mol. The molecule has 0 atom stereocenters. The number of aryl methyl sites for hydroxylation is 2. The van der Waals surface area contributed by atoms with Gasteiger partial charge in [-0.2, -0.15) is 0 Å². The lowest BCUT2D eigenvalue weighted by Crippen LogP contribution is -1.99. The van der Waals surface area contributed by atoms with Crippen LogP contribution in [0.25, 0.3) is 22.6 Å². The summed E-state index contributed by atoms with van der Waals surface area (Å²) in [7, 11) is 0. The number of nitrogen functional groups attached to an aromatic ring is 1. The first-order chi connectivity index (χ1) is 10.1. The molecule has 0 aliphatic carbocycles. The van der Waals surface area contributed by atoms with Crippen LogP contribution in [0.15, 0.2) is 54.6 Å². The Morgan fingerprint density at radius 1 is 0.857 bits per heavy atom. The van der Waals surface area contributed by atoms with Crippen LogP contribution in [0.2, 0.25) is 0 Å². The van der Waals surface area contributed by atoms with E-state index in [-0.39, 0.29) is 0 Å². The molecule has 0 fully saturated rings. The van der Waals surface area contributed by atoms with Gasteiger partial charge in [-0.25, -0.2) is 9.97 Å². The molecule has 0 amide bonds. The van der Waals surface area contributed by atoms with Crippen LogP contribution in [0.4, 0.5) is 5.82 Å². The van der Waals surface area contributed by atoms with Crippen LogP contribution in [-0.2, 0) is 0 Å². The number of anilines is 1. The maximum absolute atomic E-state index is 5.97.